The predicted octanol–water partition coefficient (Wildman–Crippen LogP) is 3.98. The summed E-state index contributed by atoms with van der Waals surface area (Å²) in [5.74, 6) is 1.78. The summed E-state index contributed by atoms with van der Waals surface area (Å²) in [5, 5.41) is 2.96. The molecule has 0 spiro atoms. The van der Waals surface area contributed by atoms with Crippen molar-refractivity contribution in [2.75, 3.05) is 26.3 Å². The molecule has 2 aromatic rings. The van der Waals surface area contributed by atoms with Crippen LogP contribution in [0.15, 0.2) is 42.6 Å². The Hall–Kier alpha value is -2.80. The summed E-state index contributed by atoms with van der Waals surface area (Å²) in [6.07, 6.45) is 3.75. The summed E-state index contributed by atoms with van der Waals surface area (Å²) in [6.45, 7) is 7.09. The van der Waals surface area contributed by atoms with Crippen LogP contribution in [0.1, 0.15) is 32.3 Å². The number of hydrogen-bond donors (Lipinski definition) is 1. The average molecular weight is 399 g/mol. The van der Waals surface area contributed by atoms with Gasteiger partial charge in [-0.2, -0.15) is 0 Å². The summed E-state index contributed by atoms with van der Waals surface area (Å²) in [6, 6.07) is 11.1. The molecular weight excluding hydrogens is 370 g/mol. The first-order valence-corrected chi connectivity index (χ1v) is 10.2. The number of urea groups is 1. The van der Waals surface area contributed by atoms with Gasteiger partial charge in [-0.3, -0.25) is 0 Å². The SMILES string of the molecule is CCOc1ccccc1Oc1ccc(CNC(=O)N2CCC(OCC)CC2)cn1. The van der Waals surface area contributed by atoms with Crippen LogP contribution in [0.5, 0.6) is 17.4 Å². The molecule has 0 radical (unpaired) electrons. The van der Waals surface area contributed by atoms with Crippen LogP contribution >= 0.6 is 0 Å². The second-order valence-corrected chi connectivity index (χ2v) is 6.79. The third kappa shape index (κ3) is 6.09. The zero-order chi connectivity index (χ0) is 20.5. The molecule has 1 aliphatic heterocycles. The highest BCUT2D eigenvalue weighted by atomic mass is 16.5. The Balaban J connectivity index is 1.48. The van der Waals surface area contributed by atoms with E-state index in [1.165, 1.54) is 0 Å². The van der Waals surface area contributed by atoms with E-state index >= 15 is 0 Å². The lowest BCUT2D eigenvalue weighted by Gasteiger charge is -2.31. The molecule has 1 fully saturated rings. The molecule has 1 saturated heterocycles. The smallest absolute Gasteiger partial charge is 0.317 e. The molecule has 1 aliphatic rings. The molecular formula is C22H29N3O4. The van der Waals surface area contributed by atoms with E-state index in [0.717, 1.165) is 38.1 Å². The molecule has 0 bridgehead atoms. The van der Waals surface area contributed by atoms with Crippen molar-refractivity contribution in [1.29, 1.82) is 0 Å². The van der Waals surface area contributed by atoms with Gasteiger partial charge in [0, 0.05) is 38.5 Å². The van der Waals surface area contributed by atoms with Crippen LogP contribution in [0.25, 0.3) is 0 Å². The van der Waals surface area contributed by atoms with Crippen molar-refractivity contribution >= 4 is 6.03 Å². The van der Waals surface area contributed by atoms with Crippen LogP contribution < -0.4 is 14.8 Å². The van der Waals surface area contributed by atoms with Crippen molar-refractivity contribution in [2.24, 2.45) is 0 Å². The van der Waals surface area contributed by atoms with E-state index in [1.807, 2.05) is 49.1 Å². The van der Waals surface area contributed by atoms with E-state index in [2.05, 4.69) is 10.3 Å². The van der Waals surface area contributed by atoms with Gasteiger partial charge in [-0.1, -0.05) is 18.2 Å². The van der Waals surface area contributed by atoms with Crippen molar-refractivity contribution in [3.8, 4) is 17.4 Å². The van der Waals surface area contributed by atoms with Crippen LogP contribution in [0.3, 0.4) is 0 Å². The van der Waals surface area contributed by atoms with E-state index in [0.29, 0.717) is 30.5 Å². The Labute approximate surface area is 172 Å². The number of para-hydroxylation sites is 2. The summed E-state index contributed by atoms with van der Waals surface area (Å²) >= 11 is 0. The number of likely N-dealkylation sites (tertiary alicyclic amines) is 1. The summed E-state index contributed by atoms with van der Waals surface area (Å²) in [5.41, 5.74) is 0.910. The van der Waals surface area contributed by atoms with Gasteiger partial charge < -0.3 is 24.4 Å². The topological polar surface area (TPSA) is 72.9 Å². The van der Waals surface area contributed by atoms with E-state index in [1.54, 1.807) is 12.3 Å². The number of piperidine rings is 1. The lowest BCUT2D eigenvalue weighted by Crippen LogP contribution is -2.45. The lowest BCUT2D eigenvalue weighted by atomic mass is 10.1. The number of nitrogens with one attached hydrogen (secondary N) is 1. The Kier molecular flexibility index (Phi) is 7.69. The zero-order valence-electron chi connectivity index (χ0n) is 17.1. The Morgan fingerprint density at radius 2 is 1.86 bits per heavy atom. The van der Waals surface area contributed by atoms with Gasteiger partial charge in [-0.15, -0.1) is 0 Å². The molecule has 7 heteroatoms. The Morgan fingerprint density at radius 1 is 1.10 bits per heavy atom. The Morgan fingerprint density at radius 3 is 2.52 bits per heavy atom. The third-order valence-electron chi connectivity index (χ3n) is 4.74. The molecule has 2 amide bonds. The fourth-order valence-corrected chi connectivity index (χ4v) is 3.25. The number of rotatable bonds is 8. The minimum Gasteiger partial charge on any atom is -0.490 e. The highest BCUT2D eigenvalue weighted by molar-refractivity contribution is 5.74. The van der Waals surface area contributed by atoms with Crippen LogP contribution in [-0.4, -0.2) is 48.3 Å². The van der Waals surface area contributed by atoms with Crippen LogP contribution in [-0.2, 0) is 11.3 Å². The first kappa shape index (κ1) is 20.9. The van der Waals surface area contributed by atoms with Gasteiger partial charge in [0.05, 0.1) is 12.7 Å². The molecule has 7 nitrogen and oxygen atoms in total. The summed E-state index contributed by atoms with van der Waals surface area (Å²) < 4.78 is 17.0. The van der Waals surface area contributed by atoms with E-state index < -0.39 is 0 Å². The fourth-order valence-electron chi connectivity index (χ4n) is 3.25. The second-order valence-electron chi connectivity index (χ2n) is 6.79. The number of nitrogens with zero attached hydrogens (tertiary/aromatic N) is 2. The number of carbonyl (C=O) groups is 1. The molecule has 0 atom stereocenters. The monoisotopic (exact) mass is 399 g/mol. The molecule has 0 unspecified atom stereocenters. The summed E-state index contributed by atoms with van der Waals surface area (Å²) in [7, 11) is 0. The maximum absolute atomic E-state index is 12.4. The van der Waals surface area contributed by atoms with Crippen LogP contribution in [0.2, 0.25) is 0 Å². The van der Waals surface area contributed by atoms with Gasteiger partial charge in [0.2, 0.25) is 5.88 Å². The highest BCUT2D eigenvalue weighted by Gasteiger charge is 2.22. The lowest BCUT2D eigenvalue weighted by molar-refractivity contribution is 0.0220. The van der Waals surface area contributed by atoms with Gasteiger partial charge in [-0.05, 0) is 44.4 Å². The van der Waals surface area contributed by atoms with Crippen molar-refractivity contribution < 1.29 is 19.0 Å². The maximum atomic E-state index is 12.4. The van der Waals surface area contributed by atoms with Crippen molar-refractivity contribution in [1.82, 2.24) is 15.2 Å². The van der Waals surface area contributed by atoms with E-state index in [4.69, 9.17) is 14.2 Å². The molecule has 0 saturated carbocycles. The van der Waals surface area contributed by atoms with Crippen LogP contribution in [0, 0.1) is 0 Å². The highest BCUT2D eigenvalue weighted by Crippen LogP contribution is 2.30. The van der Waals surface area contributed by atoms with E-state index in [-0.39, 0.29) is 12.1 Å². The molecule has 1 aromatic carbocycles. The number of ether oxygens (including phenoxy) is 3. The number of aromatic nitrogens is 1. The van der Waals surface area contributed by atoms with Crippen LogP contribution in [0.4, 0.5) is 4.79 Å². The normalized spacial score (nSPS) is 14.5. The van der Waals surface area contributed by atoms with Gasteiger partial charge in [0.15, 0.2) is 11.5 Å². The molecule has 1 N–H and O–H groups in total. The van der Waals surface area contributed by atoms with E-state index in [9.17, 15) is 4.79 Å². The molecule has 2 heterocycles. The zero-order valence-corrected chi connectivity index (χ0v) is 17.1. The second kappa shape index (κ2) is 10.7. The average Bonchev–Trinajstić information content (AvgIpc) is 2.75. The quantitative estimate of drug-likeness (QED) is 0.727. The molecule has 29 heavy (non-hydrogen) atoms. The first-order chi connectivity index (χ1) is 14.2. The first-order valence-electron chi connectivity index (χ1n) is 10.2. The molecule has 0 aliphatic carbocycles. The van der Waals surface area contributed by atoms with Crippen molar-refractivity contribution in [2.45, 2.75) is 39.3 Å². The molecule has 156 valence electrons. The number of benzene rings is 1. The van der Waals surface area contributed by atoms with Gasteiger partial charge in [0.1, 0.15) is 0 Å². The standard InChI is InChI=1S/C22H29N3O4/c1-3-27-18-11-13-25(14-12-18)22(26)24-16-17-9-10-21(23-15-17)29-20-8-6-5-7-19(20)28-4-2/h5-10,15,18H,3-4,11-14,16H2,1-2H3,(H,24,26). The Bertz CT molecular complexity index is 774. The largest absolute Gasteiger partial charge is 0.490 e. The minimum absolute atomic E-state index is 0.0501. The fraction of sp³-hybridized carbons (Fsp3) is 0.455. The summed E-state index contributed by atoms with van der Waals surface area (Å²) in [4.78, 5) is 18.5. The number of pyridine rings is 1. The predicted molar refractivity (Wildman–Crippen MR) is 110 cm³/mol. The minimum atomic E-state index is -0.0501. The molecule has 1 aromatic heterocycles. The van der Waals surface area contributed by atoms with Crippen molar-refractivity contribution in [3.05, 3.63) is 48.2 Å². The van der Waals surface area contributed by atoms with Gasteiger partial charge in [-0.25, -0.2) is 9.78 Å². The molecule has 3 rings (SSSR count). The number of hydrogen-bond acceptors (Lipinski definition) is 5. The van der Waals surface area contributed by atoms with Gasteiger partial charge >= 0.3 is 6.03 Å². The van der Waals surface area contributed by atoms with Crippen molar-refractivity contribution in [3.63, 3.8) is 0 Å². The van der Waals surface area contributed by atoms with Gasteiger partial charge in [0.25, 0.3) is 0 Å². The maximum Gasteiger partial charge on any atom is 0.317 e. The third-order valence-corrected chi connectivity index (χ3v) is 4.74. The number of amides is 2. The number of carbonyl (C=O) groups excluding carboxylic acids is 1.